The molecule has 19 heavy (non-hydrogen) atoms. The highest BCUT2D eigenvalue weighted by molar-refractivity contribution is 5.42. The van der Waals surface area contributed by atoms with Gasteiger partial charge < -0.3 is 5.32 Å². The highest BCUT2D eigenvalue weighted by Crippen LogP contribution is 2.62. The van der Waals surface area contributed by atoms with Gasteiger partial charge in [0.05, 0.1) is 5.69 Å². The van der Waals surface area contributed by atoms with Crippen molar-refractivity contribution in [1.82, 2.24) is 9.97 Å². The Morgan fingerprint density at radius 1 is 1.00 bits per heavy atom. The van der Waals surface area contributed by atoms with Gasteiger partial charge in [-0.15, -0.1) is 0 Å². The molecule has 3 nitrogen and oxygen atoms in total. The first kappa shape index (κ1) is 11.7. The summed E-state index contributed by atoms with van der Waals surface area (Å²) in [5, 5.41) is 3.23. The van der Waals surface area contributed by atoms with Gasteiger partial charge in [-0.25, -0.2) is 4.98 Å². The first-order valence-electron chi connectivity index (χ1n) is 7.87. The normalized spacial score (nSPS) is 40.2. The number of anilines is 1. The van der Waals surface area contributed by atoms with E-state index in [1.54, 1.807) is 6.20 Å². The standard InChI is InChI=1S/C16H23N3/c1-17-16-15(18-6-7-19-16)14-9-10-8-13(14)12-5-3-2-4-11(10)12/h6-7,10-14H,2-5,8-9H2,1H3,(H,17,19). The van der Waals surface area contributed by atoms with E-state index in [1.165, 1.54) is 44.2 Å². The molecule has 1 N–H and O–H groups in total. The lowest BCUT2D eigenvalue weighted by Gasteiger charge is -2.39. The van der Waals surface area contributed by atoms with Crippen molar-refractivity contribution in [2.45, 2.75) is 44.4 Å². The topological polar surface area (TPSA) is 37.8 Å². The SMILES string of the molecule is CNc1nccnc1C1CC2CC1C1CCCCC21. The molecule has 5 unspecified atom stereocenters. The molecule has 0 aromatic carbocycles. The number of nitrogens with zero attached hydrogens (tertiary/aromatic N) is 2. The molecule has 0 radical (unpaired) electrons. The number of nitrogens with one attached hydrogen (secondary N) is 1. The maximum absolute atomic E-state index is 4.66. The maximum atomic E-state index is 4.66. The highest BCUT2D eigenvalue weighted by atomic mass is 15.0. The van der Waals surface area contributed by atoms with E-state index in [0.29, 0.717) is 5.92 Å². The number of hydrogen-bond acceptors (Lipinski definition) is 3. The molecule has 3 aliphatic rings. The van der Waals surface area contributed by atoms with E-state index in [-0.39, 0.29) is 0 Å². The van der Waals surface area contributed by atoms with Crippen LogP contribution in [-0.4, -0.2) is 17.0 Å². The number of hydrogen-bond donors (Lipinski definition) is 1. The molecule has 0 aliphatic heterocycles. The number of rotatable bonds is 2. The number of aromatic nitrogens is 2. The van der Waals surface area contributed by atoms with Crippen LogP contribution < -0.4 is 5.32 Å². The summed E-state index contributed by atoms with van der Waals surface area (Å²) >= 11 is 0. The fraction of sp³-hybridized carbons (Fsp3) is 0.750. The lowest BCUT2D eigenvalue weighted by Crippen LogP contribution is -2.30. The van der Waals surface area contributed by atoms with Crippen LogP contribution in [0, 0.1) is 23.7 Å². The van der Waals surface area contributed by atoms with E-state index in [9.17, 15) is 0 Å². The van der Waals surface area contributed by atoms with E-state index in [2.05, 4.69) is 15.3 Å². The van der Waals surface area contributed by atoms with Gasteiger partial charge in [-0.3, -0.25) is 4.98 Å². The second kappa shape index (κ2) is 4.46. The second-order valence-corrected chi connectivity index (χ2v) is 6.65. The van der Waals surface area contributed by atoms with Crippen LogP contribution in [0.3, 0.4) is 0 Å². The summed E-state index contributed by atoms with van der Waals surface area (Å²) in [5.74, 6) is 5.58. The molecular formula is C16H23N3. The molecule has 102 valence electrons. The van der Waals surface area contributed by atoms with Crippen LogP contribution in [-0.2, 0) is 0 Å². The van der Waals surface area contributed by atoms with E-state index in [0.717, 1.165) is 29.5 Å². The van der Waals surface area contributed by atoms with Crippen LogP contribution in [0.2, 0.25) is 0 Å². The average molecular weight is 257 g/mol. The molecule has 3 fully saturated rings. The monoisotopic (exact) mass is 257 g/mol. The molecule has 1 aromatic rings. The Kier molecular flexibility index (Phi) is 2.75. The van der Waals surface area contributed by atoms with Crippen LogP contribution in [0.25, 0.3) is 0 Å². The third kappa shape index (κ3) is 1.70. The molecule has 2 bridgehead atoms. The van der Waals surface area contributed by atoms with Gasteiger partial charge in [-0.1, -0.05) is 12.8 Å². The van der Waals surface area contributed by atoms with Crippen molar-refractivity contribution in [2.75, 3.05) is 12.4 Å². The Hall–Kier alpha value is -1.12. The van der Waals surface area contributed by atoms with Gasteiger partial charge >= 0.3 is 0 Å². The van der Waals surface area contributed by atoms with Gasteiger partial charge in [0.2, 0.25) is 0 Å². The smallest absolute Gasteiger partial charge is 0.147 e. The van der Waals surface area contributed by atoms with Gasteiger partial charge in [0.1, 0.15) is 5.82 Å². The molecular weight excluding hydrogens is 234 g/mol. The quantitative estimate of drug-likeness (QED) is 0.882. The Labute approximate surface area is 115 Å². The van der Waals surface area contributed by atoms with Crippen LogP contribution in [0.4, 0.5) is 5.82 Å². The molecule has 5 atom stereocenters. The van der Waals surface area contributed by atoms with Crippen molar-refractivity contribution < 1.29 is 0 Å². The largest absolute Gasteiger partial charge is 0.372 e. The average Bonchev–Trinajstić information content (AvgIpc) is 3.06. The van der Waals surface area contributed by atoms with Crippen LogP contribution in [0.1, 0.15) is 50.1 Å². The van der Waals surface area contributed by atoms with Gasteiger partial charge in [0.15, 0.2) is 0 Å². The fourth-order valence-corrected chi connectivity index (χ4v) is 5.37. The van der Waals surface area contributed by atoms with E-state index < -0.39 is 0 Å². The van der Waals surface area contributed by atoms with Crippen LogP contribution in [0.5, 0.6) is 0 Å². The Bertz CT molecular complexity index is 473. The van der Waals surface area contributed by atoms with Crippen molar-refractivity contribution in [1.29, 1.82) is 0 Å². The Balaban J connectivity index is 1.64. The Morgan fingerprint density at radius 2 is 1.79 bits per heavy atom. The van der Waals surface area contributed by atoms with E-state index in [4.69, 9.17) is 0 Å². The van der Waals surface area contributed by atoms with Crippen molar-refractivity contribution >= 4 is 5.82 Å². The number of fused-ring (bicyclic) bond motifs is 5. The molecule has 0 amide bonds. The third-order valence-electron chi connectivity index (χ3n) is 5.99. The minimum atomic E-state index is 0.667. The maximum Gasteiger partial charge on any atom is 0.147 e. The predicted octanol–water partition coefficient (Wildman–Crippen LogP) is 3.45. The van der Waals surface area contributed by atoms with Crippen LogP contribution >= 0.6 is 0 Å². The summed E-state index contributed by atoms with van der Waals surface area (Å²) < 4.78 is 0. The van der Waals surface area contributed by atoms with Crippen molar-refractivity contribution in [2.24, 2.45) is 23.7 Å². The zero-order valence-electron chi connectivity index (χ0n) is 11.7. The van der Waals surface area contributed by atoms with E-state index >= 15 is 0 Å². The molecule has 3 aliphatic carbocycles. The molecule has 0 saturated heterocycles. The molecule has 1 aromatic heterocycles. The summed E-state index contributed by atoms with van der Waals surface area (Å²) in [6.45, 7) is 0. The minimum absolute atomic E-state index is 0.667. The van der Waals surface area contributed by atoms with Crippen LogP contribution in [0.15, 0.2) is 12.4 Å². The minimum Gasteiger partial charge on any atom is -0.372 e. The first-order chi connectivity index (χ1) is 9.38. The summed E-state index contributed by atoms with van der Waals surface area (Å²) in [6.07, 6.45) is 12.4. The van der Waals surface area contributed by atoms with Gasteiger partial charge in [-0.2, -0.15) is 0 Å². The summed E-state index contributed by atoms with van der Waals surface area (Å²) in [4.78, 5) is 9.12. The molecule has 1 heterocycles. The van der Waals surface area contributed by atoms with Gasteiger partial charge in [0.25, 0.3) is 0 Å². The predicted molar refractivity (Wildman–Crippen MR) is 76.0 cm³/mol. The zero-order chi connectivity index (χ0) is 12.8. The molecule has 3 saturated carbocycles. The molecule has 0 spiro atoms. The summed E-state index contributed by atoms with van der Waals surface area (Å²) in [5.41, 5.74) is 1.24. The second-order valence-electron chi connectivity index (χ2n) is 6.65. The van der Waals surface area contributed by atoms with E-state index in [1.807, 2.05) is 13.2 Å². The van der Waals surface area contributed by atoms with Crippen molar-refractivity contribution in [3.63, 3.8) is 0 Å². The first-order valence-corrected chi connectivity index (χ1v) is 7.87. The molecule has 4 rings (SSSR count). The molecule has 3 heteroatoms. The van der Waals surface area contributed by atoms with Crippen molar-refractivity contribution in [3.05, 3.63) is 18.1 Å². The third-order valence-corrected chi connectivity index (χ3v) is 5.99. The zero-order valence-corrected chi connectivity index (χ0v) is 11.7. The highest BCUT2D eigenvalue weighted by Gasteiger charge is 2.53. The summed E-state index contributed by atoms with van der Waals surface area (Å²) in [7, 11) is 1.96. The lowest BCUT2D eigenvalue weighted by molar-refractivity contribution is 0.141. The van der Waals surface area contributed by atoms with Gasteiger partial charge in [0, 0.05) is 25.4 Å². The Morgan fingerprint density at radius 3 is 2.63 bits per heavy atom. The lowest BCUT2D eigenvalue weighted by atomic mass is 9.67. The van der Waals surface area contributed by atoms with Gasteiger partial charge in [-0.05, 0) is 49.4 Å². The fourth-order valence-electron chi connectivity index (χ4n) is 5.37. The van der Waals surface area contributed by atoms with Crippen molar-refractivity contribution in [3.8, 4) is 0 Å². The summed E-state index contributed by atoms with van der Waals surface area (Å²) in [6, 6.07) is 0.